The van der Waals surface area contributed by atoms with Gasteiger partial charge in [0.2, 0.25) is 5.95 Å². The van der Waals surface area contributed by atoms with Gasteiger partial charge in [-0.1, -0.05) is 0 Å². The van der Waals surface area contributed by atoms with Crippen LogP contribution in [-0.2, 0) is 0 Å². The van der Waals surface area contributed by atoms with Crippen molar-refractivity contribution in [2.45, 2.75) is 0 Å². The quantitative estimate of drug-likeness (QED) is 0.752. The van der Waals surface area contributed by atoms with Gasteiger partial charge < -0.3 is 4.98 Å². The van der Waals surface area contributed by atoms with Crippen LogP contribution in [-0.4, -0.2) is 20.9 Å². The Hall–Kier alpha value is -1.69. The van der Waals surface area contributed by atoms with Gasteiger partial charge in [0, 0.05) is 17.8 Å². The summed E-state index contributed by atoms with van der Waals surface area (Å²) in [6.07, 6.45) is 3.20. The SMILES string of the molecule is O=C(Nc1ncc[nH]1)c1cscn1. The van der Waals surface area contributed by atoms with Crippen molar-refractivity contribution in [3.63, 3.8) is 0 Å². The van der Waals surface area contributed by atoms with Crippen LogP contribution in [0.3, 0.4) is 0 Å². The number of rotatable bonds is 2. The molecule has 0 aliphatic heterocycles. The molecule has 0 aliphatic carbocycles. The number of nitrogens with one attached hydrogen (secondary N) is 2. The Morgan fingerprint density at radius 2 is 2.46 bits per heavy atom. The van der Waals surface area contributed by atoms with E-state index in [1.807, 2.05) is 0 Å². The maximum atomic E-state index is 11.3. The lowest BCUT2D eigenvalue weighted by Crippen LogP contribution is -2.12. The minimum Gasteiger partial charge on any atom is -0.331 e. The number of imidazole rings is 1. The van der Waals surface area contributed by atoms with Gasteiger partial charge in [0.15, 0.2) is 0 Å². The number of thiazole rings is 1. The number of amides is 1. The van der Waals surface area contributed by atoms with Crippen molar-refractivity contribution < 1.29 is 4.79 Å². The highest BCUT2D eigenvalue weighted by molar-refractivity contribution is 7.07. The average molecular weight is 194 g/mol. The molecule has 0 saturated carbocycles. The molecule has 0 aromatic carbocycles. The number of aromatic nitrogens is 3. The molecule has 13 heavy (non-hydrogen) atoms. The van der Waals surface area contributed by atoms with E-state index >= 15 is 0 Å². The highest BCUT2D eigenvalue weighted by Crippen LogP contribution is 2.03. The third kappa shape index (κ3) is 1.73. The van der Waals surface area contributed by atoms with Crippen LogP contribution in [0.5, 0.6) is 0 Å². The first-order valence-corrected chi connectivity index (χ1v) is 4.49. The zero-order valence-corrected chi connectivity index (χ0v) is 7.34. The number of carbonyl (C=O) groups is 1. The van der Waals surface area contributed by atoms with Crippen molar-refractivity contribution in [2.75, 3.05) is 5.32 Å². The molecule has 6 heteroatoms. The second-order valence-corrected chi connectivity index (χ2v) is 2.98. The summed E-state index contributed by atoms with van der Waals surface area (Å²) in [5, 5.41) is 4.24. The number of hydrogen-bond acceptors (Lipinski definition) is 4. The summed E-state index contributed by atoms with van der Waals surface area (Å²) in [4.78, 5) is 21.8. The maximum Gasteiger partial charge on any atom is 0.277 e. The van der Waals surface area contributed by atoms with E-state index in [4.69, 9.17) is 0 Å². The number of aromatic amines is 1. The number of anilines is 1. The normalized spacial score (nSPS) is 9.85. The molecule has 0 spiro atoms. The van der Waals surface area contributed by atoms with E-state index in [0.717, 1.165) is 0 Å². The van der Waals surface area contributed by atoms with Crippen LogP contribution in [0.15, 0.2) is 23.3 Å². The van der Waals surface area contributed by atoms with E-state index in [-0.39, 0.29) is 5.91 Å². The van der Waals surface area contributed by atoms with E-state index < -0.39 is 0 Å². The second-order valence-electron chi connectivity index (χ2n) is 2.27. The average Bonchev–Trinajstić information content (AvgIpc) is 2.74. The molecule has 0 bridgehead atoms. The standard InChI is InChI=1S/C7H6N4OS/c12-6(5-3-13-4-10-5)11-7-8-1-2-9-7/h1-4H,(H2,8,9,11,12). The fourth-order valence-corrected chi connectivity index (χ4v) is 1.36. The summed E-state index contributed by atoms with van der Waals surface area (Å²) in [6.45, 7) is 0. The molecular weight excluding hydrogens is 188 g/mol. The summed E-state index contributed by atoms with van der Waals surface area (Å²) in [5.41, 5.74) is 2.01. The number of carbonyl (C=O) groups excluding carboxylic acids is 1. The molecule has 2 aromatic rings. The van der Waals surface area contributed by atoms with E-state index in [0.29, 0.717) is 11.6 Å². The zero-order valence-electron chi connectivity index (χ0n) is 6.52. The Morgan fingerprint density at radius 3 is 3.08 bits per heavy atom. The molecule has 0 aliphatic rings. The van der Waals surface area contributed by atoms with Gasteiger partial charge in [-0.2, -0.15) is 0 Å². The first-order chi connectivity index (χ1) is 6.36. The van der Waals surface area contributed by atoms with Crippen molar-refractivity contribution in [3.8, 4) is 0 Å². The van der Waals surface area contributed by atoms with Crippen LogP contribution in [0.4, 0.5) is 5.95 Å². The topological polar surface area (TPSA) is 70.7 Å². The monoisotopic (exact) mass is 194 g/mol. The maximum absolute atomic E-state index is 11.3. The second kappa shape index (κ2) is 3.36. The van der Waals surface area contributed by atoms with E-state index in [1.54, 1.807) is 23.3 Å². The molecule has 1 amide bonds. The van der Waals surface area contributed by atoms with Gasteiger partial charge >= 0.3 is 0 Å². The lowest BCUT2D eigenvalue weighted by atomic mass is 10.5. The van der Waals surface area contributed by atoms with Crippen molar-refractivity contribution in [2.24, 2.45) is 0 Å². The fourth-order valence-electron chi connectivity index (χ4n) is 0.830. The first kappa shape index (κ1) is 7.93. The largest absolute Gasteiger partial charge is 0.331 e. The minimum atomic E-state index is -0.254. The fraction of sp³-hybridized carbons (Fsp3) is 0. The van der Waals surface area contributed by atoms with Crippen molar-refractivity contribution >= 4 is 23.2 Å². The molecule has 2 aromatic heterocycles. The van der Waals surface area contributed by atoms with Crippen LogP contribution in [0.25, 0.3) is 0 Å². The molecule has 2 N–H and O–H groups in total. The van der Waals surface area contributed by atoms with Crippen LogP contribution in [0, 0.1) is 0 Å². The Bertz CT molecular complexity index is 381. The molecule has 0 fully saturated rings. The molecule has 2 rings (SSSR count). The molecule has 0 unspecified atom stereocenters. The van der Waals surface area contributed by atoms with Crippen molar-refractivity contribution in [1.29, 1.82) is 0 Å². The predicted molar refractivity (Wildman–Crippen MR) is 48.7 cm³/mol. The van der Waals surface area contributed by atoms with E-state index in [9.17, 15) is 4.79 Å². The van der Waals surface area contributed by atoms with Crippen molar-refractivity contribution in [1.82, 2.24) is 15.0 Å². The zero-order chi connectivity index (χ0) is 9.10. The molecule has 0 radical (unpaired) electrons. The van der Waals surface area contributed by atoms with Crippen LogP contribution in [0.1, 0.15) is 10.5 Å². The Labute approximate surface area is 77.9 Å². The highest BCUT2D eigenvalue weighted by atomic mass is 32.1. The summed E-state index contributed by atoms with van der Waals surface area (Å²) in [6, 6.07) is 0. The highest BCUT2D eigenvalue weighted by Gasteiger charge is 2.07. The number of H-pyrrole nitrogens is 1. The third-order valence-corrected chi connectivity index (χ3v) is 1.98. The lowest BCUT2D eigenvalue weighted by Gasteiger charge is -1.96. The van der Waals surface area contributed by atoms with Gasteiger partial charge in [0.25, 0.3) is 5.91 Å². The summed E-state index contributed by atoms with van der Waals surface area (Å²) < 4.78 is 0. The van der Waals surface area contributed by atoms with Gasteiger partial charge in [-0.15, -0.1) is 11.3 Å². The van der Waals surface area contributed by atoms with Crippen molar-refractivity contribution in [3.05, 3.63) is 29.0 Å². The van der Waals surface area contributed by atoms with Gasteiger partial charge in [0.05, 0.1) is 5.51 Å². The van der Waals surface area contributed by atoms with Gasteiger partial charge in [0.1, 0.15) is 5.69 Å². The van der Waals surface area contributed by atoms with Gasteiger partial charge in [-0.3, -0.25) is 10.1 Å². The molecule has 2 heterocycles. The Balaban J connectivity index is 2.08. The smallest absolute Gasteiger partial charge is 0.277 e. The number of hydrogen-bond donors (Lipinski definition) is 2. The molecule has 0 saturated heterocycles. The molecule has 0 atom stereocenters. The van der Waals surface area contributed by atoms with Crippen LogP contribution in [0.2, 0.25) is 0 Å². The summed E-state index contributed by atoms with van der Waals surface area (Å²) in [5.74, 6) is 0.175. The van der Waals surface area contributed by atoms with Crippen LogP contribution < -0.4 is 5.32 Å². The minimum absolute atomic E-state index is 0.254. The summed E-state index contributed by atoms with van der Waals surface area (Å²) in [7, 11) is 0. The Kier molecular flexibility index (Phi) is 2.05. The van der Waals surface area contributed by atoms with E-state index in [1.165, 1.54) is 11.3 Å². The Morgan fingerprint density at radius 1 is 1.54 bits per heavy atom. The lowest BCUT2D eigenvalue weighted by molar-refractivity contribution is 0.102. The van der Waals surface area contributed by atoms with Gasteiger partial charge in [-0.25, -0.2) is 9.97 Å². The first-order valence-electron chi connectivity index (χ1n) is 3.55. The van der Waals surface area contributed by atoms with Crippen LogP contribution >= 0.6 is 11.3 Å². The summed E-state index contributed by atoms with van der Waals surface area (Å²) >= 11 is 1.38. The predicted octanol–water partition coefficient (Wildman–Crippen LogP) is 1.12. The molecule has 5 nitrogen and oxygen atoms in total. The van der Waals surface area contributed by atoms with Gasteiger partial charge in [-0.05, 0) is 0 Å². The third-order valence-electron chi connectivity index (χ3n) is 1.40. The molecule has 66 valence electrons. The van der Waals surface area contributed by atoms with E-state index in [2.05, 4.69) is 20.3 Å². The molecular formula is C7H6N4OS. The number of nitrogens with zero attached hydrogens (tertiary/aromatic N) is 2.